The number of likely N-dealkylation sites (tertiary alicyclic amines) is 1. The summed E-state index contributed by atoms with van der Waals surface area (Å²) >= 11 is 0. The summed E-state index contributed by atoms with van der Waals surface area (Å²) in [5, 5.41) is 1.84. The molecule has 4 aromatic carbocycles. The molecule has 4 aromatic rings. The van der Waals surface area contributed by atoms with Gasteiger partial charge in [0.05, 0.1) is 10.5 Å². The SMILES string of the molecule is O=C(c1cc(NS(=O)(=O)c2ccc3ccccc3c2)ccc1N1CCc2ccccc2C1)N1CCCCC1. The molecule has 0 atom stereocenters. The monoisotopic (exact) mass is 525 g/mol. The standard InChI is InChI=1S/C31H31N3O3S/c35-31(33-17-6-1-7-18-33)29-21-27(13-15-30(29)34-19-16-24-9-3-5-11-26(24)22-34)32-38(36,37)28-14-12-23-8-2-4-10-25(23)20-28/h2-5,8-15,20-21,32H,1,6-7,16-19,22H2. The third kappa shape index (κ3) is 4.86. The maximum atomic E-state index is 13.8. The number of carbonyl (C=O) groups excluding carboxylic acids is 1. The molecule has 6 rings (SSSR count). The molecule has 0 spiro atoms. The summed E-state index contributed by atoms with van der Waals surface area (Å²) in [6.45, 7) is 2.99. The van der Waals surface area contributed by atoms with Crippen molar-refractivity contribution >= 4 is 38.1 Å². The van der Waals surface area contributed by atoms with E-state index in [1.165, 1.54) is 11.1 Å². The highest BCUT2D eigenvalue weighted by Gasteiger charge is 2.26. The zero-order valence-corrected chi connectivity index (χ0v) is 22.1. The number of nitrogens with zero attached hydrogens (tertiary/aromatic N) is 2. The summed E-state index contributed by atoms with van der Waals surface area (Å²) < 4.78 is 29.4. The number of fused-ring (bicyclic) bond motifs is 2. The predicted octanol–water partition coefficient (Wildman–Crippen LogP) is 5.83. The van der Waals surface area contributed by atoms with Crippen molar-refractivity contribution < 1.29 is 13.2 Å². The highest BCUT2D eigenvalue weighted by Crippen LogP contribution is 2.32. The van der Waals surface area contributed by atoms with Gasteiger partial charge >= 0.3 is 0 Å². The van der Waals surface area contributed by atoms with Crippen LogP contribution in [-0.2, 0) is 23.0 Å². The number of carbonyl (C=O) groups is 1. The lowest BCUT2D eigenvalue weighted by Gasteiger charge is -2.34. The number of amides is 1. The molecule has 0 radical (unpaired) electrons. The van der Waals surface area contributed by atoms with Crippen LogP contribution < -0.4 is 9.62 Å². The molecule has 0 aliphatic carbocycles. The summed E-state index contributed by atoms with van der Waals surface area (Å²) in [5.74, 6) is -0.0367. The second kappa shape index (κ2) is 10.1. The molecule has 38 heavy (non-hydrogen) atoms. The molecule has 0 unspecified atom stereocenters. The fraction of sp³-hybridized carbons (Fsp3) is 0.258. The minimum Gasteiger partial charge on any atom is -0.366 e. The third-order valence-corrected chi connectivity index (χ3v) is 9.00. The van der Waals surface area contributed by atoms with Crippen LogP contribution in [0.3, 0.4) is 0 Å². The van der Waals surface area contributed by atoms with Crippen molar-refractivity contribution in [1.82, 2.24) is 4.90 Å². The van der Waals surface area contributed by atoms with Crippen LogP contribution >= 0.6 is 0 Å². The summed E-state index contributed by atoms with van der Waals surface area (Å²) in [4.78, 5) is 18.1. The van der Waals surface area contributed by atoms with E-state index in [9.17, 15) is 13.2 Å². The first kappa shape index (κ1) is 24.5. The molecule has 1 N–H and O–H groups in total. The first-order valence-electron chi connectivity index (χ1n) is 13.2. The molecule has 6 nitrogen and oxygen atoms in total. The maximum absolute atomic E-state index is 13.8. The Morgan fingerprint density at radius 1 is 0.737 bits per heavy atom. The van der Waals surface area contributed by atoms with Crippen LogP contribution in [0.5, 0.6) is 0 Å². The van der Waals surface area contributed by atoms with Gasteiger partial charge in [0.2, 0.25) is 0 Å². The van der Waals surface area contributed by atoms with E-state index in [1.807, 2.05) is 47.4 Å². The molecule has 0 aromatic heterocycles. The van der Waals surface area contributed by atoms with Crippen LogP contribution in [0.2, 0.25) is 0 Å². The topological polar surface area (TPSA) is 69.7 Å². The molecule has 2 heterocycles. The maximum Gasteiger partial charge on any atom is 0.261 e. The Morgan fingerprint density at radius 2 is 1.47 bits per heavy atom. The van der Waals surface area contributed by atoms with Gasteiger partial charge in [-0.1, -0.05) is 54.6 Å². The Hall–Kier alpha value is -3.84. The highest BCUT2D eigenvalue weighted by molar-refractivity contribution is 7.92. The number of hydrogen-bond donors (Lipinski definition) is 1. The van der Waals surface area contributed by atoms with Crippen molar-refractivity contribution in [2.75, 3.05) is 29.3 Å². The van der Waals surface area contributed by atoms with Crippen molar-refractivity contribution in [1.29, 1.82) is 0 Å². The van der Waals surface area contributed by atoms with Crippen LogP contribution in [-0.4, -0.2) is 38.9 Å². The van der Waals surface area contributed by atoms with Gasteiger partial charge in [-0.25, -0.2) is 8.42 Å². The minimum absolute atomic E-state index is 0.0367. The average molecular weight is 526 g/mol. The Bertz CT molecular complexity index is 1610. The van der Waals surface area contributed by atoms with Gasteiger partial charge in [-0.05, 0) is 77.9 Å². The van der Waals surface area contributed by atoms with Crippen molar-refractivity contribution in [2.45, 2.75) is 37.1 Å². The van der Waals surface area contributed by atoms with Crippen molar-refractivity contribution in [2.24, 2.45) is 0 Å². The molecule has 194 valence electrons. The second-order valence-electron chi connectivity index (χ2n) is 10.1. The molecule has 1 amide bonds. The Kier molecular flexibility index (Phi) is 6.54. The zero-order valence-electron chi connectivity index (χ0n) is 21.3. The first-order chi connectivity index (χ1) is 18.5. The smallest absolute Gasteiger partial charge is 0.261 e. The third-order valence-electron chi connectivity index (χ3n) is 7.63. The molecule has 0 saturated carbocycles. The largest absolute Gasteiger partial charge is 0.366 e. The van der Waals surface area contributed by atoms with E-state index >= 15 is 0 Å². The van der Waals surface area contributed by atoms with E-state index < -0.39 is 10.0 Å². The van der Waals surface area contributed by atoms with Gasteiger partial charge in [0, 0.05) is 37.6 Å². The molecule has 7 heteroatoms. The Labute approximate surface area is 223 Å². The summed E-state index contributed by atoms with van der Waals surface area (Å²) in [7, 11) is -3.84. The quantitative estimate of drug-likeness (QED) is 0.356. The van der Waals surface area contributed by atoms with Crippen LogP contribution in [0.1, 0.15) is 40.7 Å². The summed E-state index contributed by atoms with van der Waals surface area (Å²) in [5.41, 5.74) is 4.39. The average Bonchev–Trinajstić information content (AvgIpc) is 2.96. The van der Waals surface area contributed by atoms with Gasteiger partial charge in [-0.2, -0.15) is 0 Å². The predicted molar refractivity (Wildman–Crippen MR) is 152 cm³/mol. The van der Waals surface area contributed by atoms with Gasteiger partial charge in [0.1, 0.15) is 0 Å². The molecular formula is C31H31N3O3S. The lowest BCUT2D eigenvalue weighted by molar-refractivity contribution is 0.0725. The van der Waals surface area contributed by atoms with Crippen molar-refractivity contribution in [3.8, 4) is 0 Å². The van der Waals surface area contributed by atoms with Gasteiger partial charge in [0.25, 0.3) is 15.9 Å². The normalized spacial score (nSPS) is 15.8. The van der Waals surface area contributed by atoms with E-state index in [2.05, 4.69) is 27.8 Å². The fourth-order valence-corrected chi connectivity index (χ4v) is 6.65. The molecule has 2 aliphatic rings. The van der Waals surface area contributed by atoms with E-state index in [1.54, 1.807) is 24.3 Å². The number of rotatable bonds is 5. The molecule has 1 saturated heterocycles. The number of anilines is 2. The zero-order chi connectivity index (χ0) is 26.1. The number of hydrogen-bond acceptors (Lipinski definition) is 4. The van der Waals surface area contributed by atoms with Crippen LogP contribution in [0.25, 0.3) is 10.8 Å². The Balaban J connectivity index is 1.34. The van der Waals surface area contributed by atoms with Crippen molar-refractivity contribution in [3.63, 3.8) is 0 Å². The van der Waals surface area contributed by atoms with E-state index in [0.29, 0.717) is 11.3 Å². The van der Waals surface area contributed by atoms with Gasteiger partial charge in [0.15, 0.2) is 0 Å². The molecule has 1 fully saturated rings. The Morgan fingerprint density at radius 3 is 2.29 bits per heavy atom. The van der Waals surface area contributed by atoms with E-state index in [-0.39, 0.29) is 10.8 Å². The van der Waals surface area contributed by atoms with E-state index in [4.69, 9.17) is 0 Å². The second-order valence-corrected chi connectivity index (χ2v) is 11.8. The van der Waals surface area contributed by atoms with Gasteiger partial charge < -0.3 is 9.80 Å². The first-order valence-corrected chi connectivity index (χ1v) is 14.7. The van der Waals surface area contributed by atoms with Crippen LogP contribution in [0.15, 0.2) is 89.8 Å². The minimum atomic E-state index is -3.84. The van der Waals surface area contributed by atoms with E-state index in [0.717, 1.165) is 68.3 Å². The summed E-state index contributed by atoms with van der Waals surface area (Å²) in [6.07, 6.45) is 4.02. The number of nitrogens with one attached hydrogen (secondary N) is 1. The summed E-state index contributed by atoms with van der Waals surface area (Å²) in [6, 6.07) is 26.6. The highest BCUT2D eigenvalue weighted by atomic mass is 32.2. The van der Waals surface area contributed by atoms with Gasteiger partial charge in [-0.3, -0.25) is 9.52 Å². The number of sulfonamides is 1. The van der Waals surface area contributed by atoms with Gasteiger partial charge in [-0.15, -0.1) is 0 Å². The molecule has 0 bridgehead atoms. The molecular weight excluding hydrogens is 494 g/mol. The lowest BCUT2D eigenvalue weighted by atomic mass is 9.98. The van der Waals surface area contributed by atoms with Crippen molar-refractivity contribution in [3.05, 3.63) is 102 Å². The number of piperidine rings is 1. The molecule has 2 aliphatic heterocycles. The fourth-order valence-electron chi connectivity index (χ4n) is 5.56. The number of benzene rings is 4. The van der Waals surface area contributed by atoms with Crippen LogP contribution in [0.4, 0.5) is 11.4 Å². The lowest BCUT2D eigenvalue weighted by Crippen LogP contribution is -2.38. The van der Waals surface area contributed by atoms with Crippen LogP contribution in [0, 0.1) is 0 Å².